The van der Waals surface area contributed by atoms with Crippen molar-refractivity contribution >= 4 is 11.9 Å². The van der Waals surface area contributed by atoms with E-state index in [0.29, 0.717) is 46.1 Å². The van der Waals surface area contributed by atoms with Crippen LogP contribution in [0.15, 0.2) is 0 Å². The molecule has 1 unspecified atom stereocenters. The zero-order valence-corrected chi connectivity index (χ0v) is 17.4. The summed E-state index contributed by atoms with van der Waals surface area (Å²) < 4.78 is 22.3. The highest BCUT2D eigenvalue weighted by Crippen LogP contribution is 2.18. The van der Waals surface area contributed by atoms with Crippen LogP contribution in [0.2, 0.25) is 0 Å². The Balaban J connectivity index is 4.38. The lowest BCUT2D eigenvalue weighted by Gasteiger charge is -2.22. The molecule has 0 bridgehead atoms. The highest BCUT2D eigenvalue weighted by Gasteiger charge is 2.24. The number of unbranched alkanes of at least 4 members (excludes halogenated alkanes) is 2. The van der Waals surface area contributed by atoms with Crippen molar-refractivity contribution in [3.05, 3.63) is 0 Å². The van der Waals surface area contributed by atoms with Crippen LogP contribution in [0.4, 0.5) is 0 Å². The molecule has 0 aliphatic heterocycles. The van der Waals surface area contributed by atoms with Gasteiger partial charge in [-0.2, -0.15) is 0 Å². The first-order valence-corrected chi connectivity index (χ1v) is 10.3. The molecule has 0 amide bonds. The fraction of sp³-hybridized carbons (Fsp3) is 0.900. The maximum atomic E-state index is 11.5. The van der Waals surface area contributed by atoms with Gasteiger partial charge in [0.05, 0.1) is 32.3 Å². The van der Waals surface area contributed by atoms with E-state index in [0.717, 1.165) is 25.7 Å². The molecule has 0 aromatic carbocycles. The van der Waals surface area contributed by atoms with Crippen molar-refractivity contribution in [1.29, 1.82) is 0 Å². The Bertz CT molecular complexity index is 372. The summed E-state index contributed by atoms with van der Waals surface area (Å²) in [5, 5.41) is 18.1. The van der Waals surface area contributed by atoms with E-state index >= 15 is 0 Å². The van der Waals surface area contributed by atoms with Gasteiger partial charge in [0.2, 0.25) is 0 Å². The molecule has 8 nitrogen and oxygen atoms in total. The predicted octanol–water partition coefficient (Wildman–Crippen LogP) is 3.32. The minimum atomic E-state index is -0.971. The minimum absolute atomic E-state index is 0.0489. The summed E-state index contributed by atoms with van der Waals surface area (Å²) >= 11 is 0. The maximum absolute atomic E-state index is 11.5. The van der Waals surface area contributed by atoms with Crippen LogP contribution in [0.3, 0.4) is 0 Å². The molecule has 0 heterocycles. The van der Waals surface area contributed by atoms with Gasteiger partial charge in [0, 0.05) is 26.1 Å². The Morgan fingerprint density at radius 1 is 0.786 bits per heavy atom. The number of carbonyl (C=O) groups is 2. The molecule has 8 heteroatoms. The highest BCUT2D eigenvalue weighted by atomic mass is 16.7. The van der Waals surface area contributed by atoms with Crippen LogP contribution >= 0.6 is 0 Å². The standard InChI is InChI=1S/C20H38O8/c1-3-5-10-25-12-14-27-19(28-15-13-26-11-6-4-2)16-17(20(23)24)8-7-9-18(21)22/h17,19H,3-16H2,1-2H3,(H,21,22)(H,23,24). The number of aliphatic carboxylic acids is 2. The van der Waals surface area contributed by atoms with Gasteiger partial charge < -0.3 is 29.2 Å². The van der Waals surface area contributed by atoms with Gasteiger partial charge in [-0.15, -0.1) is 0 Å². The van der Waals surface area contributed by atoms with Gasteiger partial charge in [-0.25, -0.2) is 0 Å². The SMILES string of the molecule is CCCCOCCOC(CC(CCCC(=O)O)C(=O)O)OCCOCCCC. The first-order chi connectivity index (χ1) is 13.5. The van der Waals surface area contributed by atoms with Crippen molar-refractivity contribution < 1.29 is 38.7 Å². The Morgan fingerprint density at radius 2 is 1.32 bits per heavy atom. The van der Waals surface area contributed by atoms with Crippen LogP contribution in [0.25, 0.3) is 0 Å². The molecule has 0 saturated heterocycles. The predicted molar refractivity (Wildman–Crippen MR) is 104 cm³/mol. The molecule has 0 aliphatic rings. The summed E-state index contributed by atoms with van der Waals surface area (Å²) in [7, 11) is 0. The normalized spacial score (nSPS) is 12.4. The number of hydrogen-bond donors (Lipinski definition) is 2. The van der Waals surface area contributed by atoms with Crippen molar-refractivity contribution in [3.8, 4) is 0 Å². The number of rotatable bonds is 21. The lowest BCUT2D eigenvalue weighted by molar-refractivity contribution is -0.174. The lowest BCUT2D eigenvalue weighted by Crippen LogP contribution is -2.28. The summed E-state index contributed by atoms with van der Waals surface area (Å²) in [4.78, 5) is 22.1. The number of carboxylic acid groups (broad SMARTS) is 2. The fourth-order valence-electron chi connectivity index (χ4n) is 2.43. The minimum Gasteiger partial charge on any atom is -0.481 e. The second-order valence-corrected chi connectivity index (χ2v) is 6.66. The number of hydrogen-bond acceptors (Lipinski definition) is 6. The van der Waals surface area contributed by atoms with E-state index in [2.05, 4.69) is 13.8 Å². The molecule has 0 radical (unpaired) electrons. The van der Waals surface area contributed by atoms with E-state index in [9.17, 15) is 14.7 Å². The first kappa shape index (κ1) is 26.8. The first-order valence-electron chi connectivity index (χ1n) is 10.3. The fourth-order valence-corrected chi connectivity index (χ4v) is 2.43. The van der Waals surface area contributed by atoms with Crippen molar-refractivity contribution in [3.63, 3.8) is 0 Å². The lowest BCUT2D eigenvalue weighted by atomic mass is 9.98. The average molecular weight is 407 g/mol. The molecule has 0 fully saturated rings. The molecule has 0 aromatic rings. The zero-order chi connectivity index (χ0) is 21.0. The van der Waals surface area contributed by atoms with Gasteiger partial charge in [-0.05, 0) is 25.7 Å². The molecule has 166 valence electrons. The molecule has 1 atom stereocenters. The Morgan fingerprint density at radius 3 is 1.75 bits per heavy atom. The average Bonchev–Trinajstić information content (AvgIpc) is 2.65. The Labute approximate surface area is 168 Å². The van der Waals surface area contributed by atoms with Crippen LogP contribution in [0, 0.1) is 5.92 Å². The van der Waals surface area contributed by atoms with Crippen molar-refractivity contribution in [1.82, 2.24) is 0 Å². The van der Waals surface area contributed by atoms with Gasteiger partial charge in [0.25, 0.3) is 0 Å². The largest absolute Gasteiger partial charge is 0.481 e. The summed E-state index contributed by atoms with van der Waals surface area (Å²) in [5.74, 6) is -2.62. The second kappa shape index (κ2) is 19.1. The van der Waals surface area contributed by atoms with E-state index in [-0.39, 0.29) is 19.3 Å². The molecule has 28 heavy (non-hydrogen) atoms. The van der Waals surface area contributed by atoms with E-state index in [4.69, 9.17) is 24.1 Å². The van der Waals surface area contributed by atoms with E-state index in [1.165, 1.54) is 0 Å². The van der Waals surface area contributed by atoms with Crippen molar-refractivity contribution in [2.24, 2.45) is 5.92 Å². The van der Waals surface area contributed by atoms with Crippen LogP contribution in [0.1, 0.15) is 65.2 Å². The Kier molecular flexibility index (Phi) is 18.3. The van der Waals surface area contributed by atoms with Crippen molar-refractivity contribution in [2.45, 2.75) is 71.5 Å². The Hall–Kier alpha value is -1.22. The topological polar surface area (TPSA) is 112 Å². The zero-order valence-electron chi connectivity index (χ0n) is 17.4. The summed E-state index contributed by atoms with van der Waals surface area (Å²) in [6.07, 6.45) is 4.09. The maximum Gasteiger partial charge on any atom is 0.306 e. The summed E-state index contributed by atoms with van der Waals surface area (Å²) in [5.41, 5.74) is 0. The van der Waals surface area contributed by atoms with Crippen LogP contribution in [-0.2, 0) is 28.5 Å². The molecular weight excluding hydrogens is 368 g/mol. The van der Waals surface area contributed by atoms with E-state index in [1.54, 1.807) is 0 Å². The van der Waals surface area contributed by atoms with Crippen LogP contribution in [0.5, 0.6) is 0 Å². The number of carboxylic acids is 2. The molecule has 0 aliphatic carbocycles. The third-order valence-electron chi connectivity index (χ3n) is 4.12. The molecule has 0 spiro atoms. The quantitative estimate of drug-likeness (QED) is 0.221. The van der Waals surface area contributed by atoms with Crippen molar-refractivity contribution in [2.75, 3.05) is 39.6 Å². The van der Waals surface area contributed by atoms with Gasteiger partial charge >= 0.3 is 11.9 Å². The summed E-state index contributed by atoms with van der Waals surface area (Å²) in [6, 6.07) is 0. The third-order valence-corrected chi connectivity index (χ3v) is 4.12. The molecular formula is C20H38O8. The van der Waals surface area contributed by atoms with Crippen LogP contribution < -0.4 is 0 Å². The third kappa shape index (κ3) is 16.9. The van der Waals surface area contributed by atoms with E-state index in [1.807, 2.05) is 0 Å². The van der Waals surface area contributed by atoms with Gasteiger partial charge in [0.1, 0.15) is 0 Å². The van der Waals surface area contributed by atoms with Crippen LogP contribution in [-0.4, -0.2) is 68.1 Å². The van der Waals surface area contributed by atoms with Gasteiger partial charge in [-0.1, -0.05) is 26.7 Å². The van der Waals surface area contributed by atoms with Gasteiger partial charge in [-0.3, -0.25) is 9.59 Å². The smallest absolute Gasteiger partial charge is 0.306 e. The number of ether oxygens (including phenoxy) is 4. The molecule has 2 N–H and O–H groups in total. The second-order valence-electron chi connectivity index (χ2n) is 6.66. The van der Waals surface area contributed by atoms with E-state index < -0.39 is 24.1 Å². The molecule has 0 rings (SSSR count). The summed E-state index contributed by atoms with van der Waals surface area (Å²) in [6.45, 7) is 6.98. The molecule has 0 saturated carbocycles. The monoisotopic (exact) mass is 406 g/mol. The molecule has 0 aromatic heterocycles. The highest BCUT2D eigenvalue weighted by molar-refractivity contribution is 5.70. The van der Waals surface area contributed by atoms with Gasteiger partial charge in [0.15, 0.2) is 6.29 Å².